The lowest BCUT2D eigenvalue weighted by molar-refractivity contribution is 0.227. The molecule has 2 rings (SSSR count). The molecule has 0 aromatic rings. The Labute approximate surface area is 113 Å². The van der Waals surface area contributed by atoms with Crippen LogP contribution in [0.4, 0.5) is 0 Å². The van der Waals surface area contributed by atoms with Gasteiger partial charge in [0.1, 0.15) is 0 Å². The lowest BCUT2D eigenvalue weighted by atomic mass is 10.0. The summed E-state index contributed by atoms with van der Waals surface area (Å²) in [6, 6.07) is 0. The van der Waals surface area contributed by atoms with Crippen molar-refractivity contribution in [3.63, 3.8) is 0 Å². The summed E-state index contributed by atoms with van der Waals surface area (Å²) in [5.41, 5.74) is 0. The number of hydrazine groups is 1. The van der Waals surface area contributed by atoms with Crippen molar-refractivity contribution in [3.8, 4) is 0 Å². The van der Waals surface area contributed by atoms with E-state index in [1.807, 2.05) is 5.01 Å². The zero-order chi connectivity index (χ0) is 11.5. The van der Waals surface area contributed by atoms with Gasteiger partial charge >= 0.3 is 0 Å². The molecular weight excluding hydrogens is 313 g/mol. The van der Waals surface area contributed by atoms with Crippen LogP contribution in [-0.2, 0) is 0 Å². The van der Waals surface area contributed by atoms with Crippen LogP contribution in [0.1, 0.15) is 19.8 Å². The van der Waals surface area contributed by atoms with Gasteiger partial charge in [-0.25, -0.2) is 5.01 Å². The number of nitrogens with two attached hydrogens (primary N) is 1. The van der Waals surface area contributed by atoms with Crippen molar-refractivity contribution in [2.24, 2.45) is 23.6 Å². The summed E-state index contributed by atoms with van der Waals surface area (Å²) in [6.07, 6.45) is 2.71. The zero-order valence-corrected chi connectivity index (χ0v) is 12.4. The van der Waals surface area contributed by atoms with E-state index in [-0.39, 0.29) is 0 Å². The van der Waals surface area contributed by atoms with Gasteiger partial charge in [-0.15, -0.1) is 0 Å². The number of alkyl halides is 1. The van der Waals surface area contributed by atoms with Crippen molar-refractivity contribution in [2.45, 2.75) is 19.8 Å². The fraction of sp³-hybridized carbons (Fsp3) is 1.00. The monoisotopic (exact) mass is 337 g/mol. The van der Waals surface area contributed by atoms with E-state index < -0.39 is 0 Å². The van der Waals surface area contributed by atoms with Gasteiger partial charge in [-0.1, -0.05) is 35.9 Å². The normalized spacial score (nSPS) is 33.2. The molecule has 2 aliphatic rings. The van der Waals surface area contributed by atoms with E-state index in [4.69, 9.17) is 5.84 Å². The minimum Gasteiger partial charge on any atom is -0.302 e. The first-order valence-corrected chi connectivity index (χ1v) is 8.03. The molecule has 0 aromatic carbocycles. The van der Waals surface area contributed by atoms with E-state index >= 15 is 0 Å². The Bertz CT molecular complexity index is 210. The third-order valence-electron chi connectivity index (χ3n) is 4.20. The average molecular weight is 337 g/mol. The lowest BCUT2D eigenvalue weighted by Gasteiger charge is -2.23. The van der Waals surface area contributed by atoms with Gasteiger partial charge in [-0.05, 0) is 28.6 Å². The first-order valence-electron chi connectivity index (χ1n) is 6.50. The second kappa shape index (κ2) is 5.98. The van der Waals surface area contributed by atoms with Crippen LogP contribution in [0.25, 0.3) is 0 Å². The van der Waals surface area contributed by atoms with E-state index in [1.165, 1.54) is 36.9 Å². The van der Waals surface area contributed by atoms with Crippen LogP contribution >= 0.6 is 22.6 Å². The summed E-state index contributed by atoms with van der Waals surface area (Å²) >= 11 is 2.50. The second-order valence-corrected chi connectivity index (χ2v) is 6.52. The van der Waals surface area contributed by atoms with Gasteiger partial charge in [0.25, 0.3) is 0 Å². The summed E-state index contributed by atoms with van der Waals surface area (Å²) in [6.45, 7) is 8.45. The summed E-state index contributed by atoms with van der Waals surface area (Å²) in [7, 11) is 0. The molecule has 0 radical (unpaired) electrons. The quantitative estimate of drug-likeness (QED) is 0.470. The topological polar surface area (TPSA) is 32.5 Å². The SMILES string of the molecule is CCC(CCI)CN1C[C@H]2CN(N)C[C@H]2C1. The standard InChI is InChI=1S/C12H24IN3/c1-2-10(3-4-13)5-15-6-11-8-16(14)9-12(11)7-15/h10-12H,2-9,14H2,1H3/t10?,11-,12+. The molecule has 2 N–H and O–H groups in total. The number of halogens is 1. The molecule has 0 spiro atoms. The molecule has 2 heterocycles. The Balaban J connectivity index is 1.77. The Morgan fingerprint density at radius 2 is 1.88 bits per heavy atom. The van der Waals surface area contributed by atoms with Crippen molar-refractivity contribution in [3.05, 3.63) is 0 Å². The number of rotatable bonds is 5. The lowest BCUT2D eigenvalue weighted by Crippen LogP contribution is -2.35. The molecule has 0 aromatic heterocycles. The van der Waals surface area contributed by atoms with Gasteiger partial charge in [-0.2, -0.15) is 0 Å². The molecule has 2 aliphatic heterocycles. The number of hydrogen-bond donors (Lipinski definition) is 1. The van der Waals surface area contributed by atoms with E-state index in [1.54, 1.807) is 0 Å². The van der Waals surface area contributed by atoms with Crippen LogP contribution in [0.5, 0.6) is 0 Å². The molecule has 0 amide bonds. The largest absolute Gasteiger partial charge is 0.302 e. The highest BCUT2D eigenvalue weighted by Gasteiger charge is 2.39. The van der Waals surface area contributed by atoms with Crippen LogP contribution in [0.3, 0.4) is 0 Å². The molecule has 2 fully saturated rings. The molecule has 94 valence electrons. The maximum atomic E-state index is 5.86. The van der Waals surface area contributed by atoms with Crippen molar-refractivity contribution in [2.75, 3.05) is 37.2 Å². The highest BCUT2D eigenvalue weighted by molar-refractivity contribution is 14.1. The Morgan fingerprint density at radius 1 is 1.25 bits per heavy atom. The van der Waals surface area contributed by atoms with E-state index in [2.05, 4.69) is 34.4 Å². The Hall–Kier alpha value is 0.610. The summed E-state index contributed by atoms with van der Waals surface area (Å²) in [5.74, 6) is 8.46. The first-order chi connectivity index (χ1) is 7.72. The number of likely N-dealkylation sites (tertiary alicyclic amines) is 1. The summed E-state index contributed by atoms with van der Waals surface area (Å²) in [4.78, 5) is 2.68. The molecule has 3 nitrogen and oxygen atoms in total. The molecule has 0 aliphatic carbocycles. The van der Waals surface area contributed by atoms with Gasteiger partial charge in [0.05, 0.1) is 0 Å². The maximum Gasteiger partial charge on any atom is 0.0172 e. The molecule has 3 atom stereocenters. The van der Waals surface area contributed by atoms with Gasteiger partial charge in [0, 0.05) is 32.7 Å². The highest BCUT2D eigenvalue weighted by Crippen LogP contribution is 2.30. The summed E-state index contributed by atoms with van der Waals surface area (Å²) < 4.78 is 1.30. The van der Waals surface area contributed by atoms with Crippen LogP contribution < -0.4 is 5.84 Å². The van der Waals surface area contributed by atoms with Crippen LogP contribution in [0.2, 0.25) is 0 Å². The van der Waals surface area contributed by atoms with E-state index in [0.29, 0.717) is 0 Å². The second-order valence-electron chi connectivity index (χ2n) is 5.44. The van der Waals surface area contributed by atoms with Crippen LogP contribution in [0.15, 0.2) is 0 Å². The van der Waals surface area contributed by atoms with Gasteiger partial charge < -0.3 is 4.90 Å². The van der Waals surface area contributed by atoms with Crippen molar-refractivity contribution in [1.29, 1.82) is 0 Å². The molecule has 4 heteroatoms. The molecule has 0 saturated carbocycles. The number of fused-ring (bicyclic) bond motifs is 1. The molecule has 1 unspecified atom stereocenters. The van der Waals surface area contributed by atoms with Crippen molar-refractivity contribution >= 4 is 22.6 Å². The molecule has 2 saturated heterocycles. The number of hydrogen-bond acceptors (Lipinski definition) is 3. The molecular formula is C12H24IN3. The first kappa shape index (κ1) is 13.1. The average Bonchev–Trinajstić information content (AvgIpc) is 2.73. The predicted molar refractivity (Wildman–Crippen MR) is 76.5 cm³/mol. The van der Waals surface area contributed by atoms with Crippen LogP contribution in [0, 0.1) is 17.8 Å². The van der Waals surface area contributed by atoms with Crippen molar-refractivity contribution in [1.82, 2.24) is 9.91 Å². The van der Waals surface area contributed by atoms with Crippen molar-refractivity contribution < 1.29 is 0 Å². The fourth-order valence-electron chi connectivity index (χ4n) is 3.22. The maximum absolute atomic E-state index is 5.86. The zero-order valence-electron chi connectivity index (χ0n) is 10.2. The number of nitrogens with zero attached hydrogens (tertiary/aromatic N) is 2. The van der Waals surface area contributed by atoms with E-state index in [9.17, 15) is 0 Å². The third-order valence-corrected chi connectivity index (χ3v) is 4.82. The minimum absolute atomic E-state index is 0.849. The summed E-state index contributed by atoms with van der Waals surface area (Å²) in [5, 5.41) is 2.01. The van der Waals surface area contributed by atoms with Gasteiger partial charge in [-0.3, -0.25) is 5.84 Å². The molecule has 16 heavy (non-hydrogen) atoms. The van der Waals surface area contributed by atoms with Gasteiger partial charge in [0.15, 0.2) is 0 Å². The molecule has 0 bridgehead atoms. The third kappa shape index (κ3) is 3.09. The Morgan fingerprint density at radius 3 is 2.38 bits per heavy atom. The van der Waals surface area contributed by atoms with Gasteiger partial charge in [0.2, 0.25) is 0 Å². The minimum atomic E-state index is 0.849. The smallest absolute Gasteiger partial charge is 0.0172 e. The predicted octanol–water partition coefficient (Wildman–Crippen LogP) is 1.57. The van der Waals surface area contributed by atoms with E-state index in [0.717, 1.165) is 30.8 Å². The Kier molecular flexibility index (Phi) is 4.88. The van der Waals surface area contributed by atoms with Crippen LogP contribution in [-0.4, -0.2) is 47.1 Å². The fourth-order valence-corrected chi connectivity index (χ4v) is 4.10. The highest BCUT2D eigenvalue weighted by atomic mass is 127.